The van der Waals surface area contributed by atoms with E-state index in [1.165, 1.54) is 5.56 Å². The fourth-order valence-electron chi connectivity index (χ4n) is 2.19. The summed E-state index contributed by atoms with van der Waals surface area (Å²) in [6.45, 7) is 0. The van der Waals surface area contributed by atoms with E-state index in [4.69, 9.17) is 22.2 Å². The summed E-state index contributed by atoms with van der Waals surface area (Å²) >= 11 is 9.48. The van der Waals surface area contributed by atoms with Crippen molar-refractivity contribution < 1.29 is 4.74 Å². The summed E-state index contributed by atoms with van der Waals surface area (Å²) < 4.78 is 6.32. The average molecular weight is 370 g/mol. The van der Waals surface area contributed by atoms with Crippen LogP contribution in [0.1, 0.15) is 11.1 Å². The molecule has 5 heteroatoms. The lowest BCUT2D eigenvalue weighted by molar-refractivity contribution is 0.413. The van der Waals surface area contributed by atoms with Crippen LogP contribution in [0.4, 0.5) is 0 Å². The first-order valence-corrected chi connectivity index (χ1v) is 7.82. The quantitative estimate of drug-likeness (QED) is 0.602. The zero-order valence-electron chi connectivity index (χ0n) is 11.8. The zero-order chi connectivity index (χ0) is 15.2. The van der Waals surface area contributed by atoms with Crippen LogP contribution in [0.25, 0.3) is 0 Å². The van der Waals surface area contributed by atoms with Gasteiger partial charge >= 0.3 is 0 Å². The largest absolute Gasteiger partial charge is 0.497 e. The Bertz CT molecular complexity index is 589. The van der Waals surface area contributed by atoms with Crippen molar-refractivity contribution in [2.24, 2.45) is 5.84 Å². The summed E-state index contributed by atoms with van der Waals surface area (Å²) in [6.07, 6.45) is 1.63. The fraction of sp³-hybridized carbons (Fsp3) is 0.250. The van der Waals surface area contributed by atoms with E-state index in [0.717, 1.165) is 33.6 Å². The summed E-state index contributed by atoms with van der Waals surface area (Å²) in [5, 5.41) is 0.742. The molecule has 0 saturated carbocycles. The van der Waals surface area contributed by atoms with Crippen molar-refractivity contribution in [3.05, 3.63) is 63.1 Å². The minimum atomic E-state index is 0.134. The fourth-order valence-corrected chi connectivity index (χ4v) is 2.73. The zero-order valence-corrected chi connectivity index (χ0v) is 14.1. The number of rotatable bonds is 6. The van der Waals surface area contributed by atoms with E-state index in [-0.39, 0.29) is 6.04 Å². The molecule has 0 spiro atoms. The van der Waals surface area contributed by atoms with E-state index in [9.17, 15) is 0 Å². The van der Waals surface area contributed by atoms with Crippen LogP contribution in [0.2, 0.25) is 5.02 Å². The number of hydrogen-bond donors (Lipinski definition) is 2. The van der Waals surface area contributed by atoms with Crippen molar-refractivity contribution in [1.82, 2.24) is 5.43 Å². The molecule has 2 rings (SSSR count). The highest BCUT2D eigenvalue weighted by Crippen LogP contribution is 2.24. The molecule has 0 fully saturated rings. The Morgan fingerprint density at radius 2 is 1.90 bits per heavy atom. The lowest BCUT2D eigenvalue weighted by Gasteiger charge is -2.17. The van der Waals surface area contributed by atoms with Crippen LogP contribution in [0.15, 0.2) is 46.9 Å². The van der Waals surface area contributed by atoms with E-state index in [2.05, 4.69) is 21.4 Å². The third-order valence-corrected chi connectivity index (χ3v) is 4.38. The van der Waals surface area contributed by atoms with Crippen LogP contribution in [0.5, 0.6) is 5.75 Å². The van der Waals surface area contributed by atoms with E-state index in [1.54, 1.807) is 7.11 Å². The normalized spacial score (nSPS) is 12.2. The first-order valence-electron chi connectivity index (χ1n) is 6.65. The molecule has 0 saturated heterocycles. The summed E-state index contributed by atoms with van der Waals surface area (Å²) in [7, 11) is 1.67. The van der Waals surface area contributed by atoms with Gasteiger partial charge in [0.15, 0.2) is 0 Å². The second kappa shape index (κ2) is 7.80. The smallest absolute Gasteiger partial charge is 0.119 e. The maximum atomic E-state index is 5.91. The molecule has 112 valence electrons. The molecule has 0 aromatic heterocycles. The highest BCUT2D eigenvalue weighted by atomic mass is 79.9. The van der Waals surface area contributed by atoms with E-state index in [0.29, 0.717) is 0 Å². The Morgan fingerprint density at radius 3 is 2.52 bits per heavy atom. The third kappa shape index (κ3) is 4.71. The molecule has 3 N–H and O–H groups in total. The molecular weight excluding hydrogens is 352 g/mol. The molecule has 2 aromatic carbocycles. The van der Waals surface area contributed by atoms with Gasteiger partial charge < -0.3 is 4.74 Å². The Hall–Kier alpha value is -1.07. The van der Waals surface area contributed by atoms with Crippen LogP contribution in [0, 0.1) is 0 Å². The average Bonchev–Trinajstić information content (AvgIpc) is 2.50. The number of hydrazine groups is 1. The van der Waals surface area contributed by atoms with E-state index >= 15 is 0 Å². The van der Waals surface area contributed by atoms with Crippen molar-refractivity contribution in [2.75, 3.05) is 7.11 Å². The maximum absolute atomic E-state index is 5.91. The van der Waals surface area contributed by atoms with Crippen LogP contribution in [-0.2, 0) is 12.8 Å². The van der Waals surface area contributed by atoms with Crippen molar-refractivity contribution >= 4 is 27.5 Å². The second-order valence-corrected chi connectivity index (χ2v) is 6.15. The first-order chi connectivity index (χ1) is 10.1. The molecular formula is C16H18BrClN2O. The molecule has 0 aliphatic heterocycles. The van der Waals surface area contributed by atoms with Gasteiger partial charge in [-0.2, -0.15) is 0 Å². The predicted octanol–water partition coefficient (Wildman–Crippen LogP) is 3.73. The highest BCUT2D eigenvalue weighted by molar-refractivity contribution is 9.10. The number of halogens is 2. The summed E-state index contributed by atoms with van der Waals surface area (Å²) in [6, 6.07) is 13.9. The first kappa shape index (κ1) is 16.3. The molecule has 3 nitrogen and oxygen atoms in total. The second-order valence-electron chi connectivity index (χ2n) is 4.86. The van der Waals surface area contributed by atoms with Gasteiger partial charge in [0.05, 0.1) is 7.11 Å². The Kier molecular flexibility index (Phi) is 6.06. The van der Waals surface area contributed by atoms with Crippen LogP contribution in [0.3, 0.4) is 0 Å². The van der Waals surface area contributed by atoms with Gasteiger partial charge in [0.25, 0.3) is 0 Å². The van der Waals surface area contributed by atoms with Crippen molar-refractivity contribution in [3.63, 3.8) is 0 Å². The number of nitrogens with one attached hydrogen (secondary N) is 1. The minimum Gasteiger partial charge on any atom is -0.497 e. The molecule has 0 amide bonds. The number of hydrogen-bond acceptors (Lipinski definition) is 3. The molecule has 2 aromatic rings. The molecule has 0 aliphatic carbocycles. The predicted molar refractivity (Wildman–Crippen MR) is 90.7 cm³/mol. The van der Waals surface area contributed by atoms with Gasteiger partial charge in [-0.3, -0.25) is 11.3 Å². The molecule has 1 unspecified atom stereocenters. The van der Waals surface area contributed by atoms with Gasteiger partial charge in [-0.25, -0.2) is 0 Å². The monoisotopic (exact) mass is 368 g/mol. The van der Waals surface area contributed by atoms with Crippen LogP contribution < -0.4 is 16.0 Å². The van der Waals surface area contributed by atoms with Gasteiger partial charge in [0.1, 0.15) is 5.75 Å². The van der Waals surface area contributed by atoms with E-state index in [1.807, 2.05) is 42.5 Å². The Labute approximate surface area is 138 Å². The number of nitrogens with two attached hydrogens (primary N) is 1. The summed E-state index contributed by atoms with van der Waals surface area (Å²) in [5.74, 6) is 6.54. The minimum absolute atomic E-state index is 0.134. The van der Waals surface area contributed by atoms with Gasteiger partial charge in [-0.15, -0.1) is 0 Å². The molecule has 0 heterocycles. The molecule has 0 aliphatic rings. The van der Waals surface area contributed by atoms with Gasteiger partial charge in [-0.05, 0) is 54.3 Å². The SMILES string of the molecule is COc1ccc(Br)c(CC(Cc2ccc(Cl)cc2)NN)c1. The van der Waals surface area contributed by atoms with Crippen molar-refractivity contribution in [1.29, 1.82) is 0 Å². The highest BCUT2D eigenvalue weighted by Gasteiger charge is 2.12. The van der Waals surface area contributed by atoms with E-state index < -0.39 is 0 Å². The number of benzene rings is 2. The van der Waals surface area contributed by atoms with Gasteiger partial charge in [0, 0.05) is 15.5 Å². The van der Waals surface area contributed by atoms with Crippen molar-refractivity contribution in [3.8, 4) is 5.75 Å². The summed E-state index contributed by atoms with van der Waals surface area (Å²) in [4.78, 5) is 0. The van der Waals surface area contributed by atoms with Gasteiger partial charge in [0.2, 0.25) is 0 Å². The number of ether oxygens (including phenoxy) is 1. The topological polar surface area (TPSA) is 47.3 Å². The summed E-state index contributed by atoms with van der Waals surface area (Å²) in [5.41, 5.74) is 5.24. The molecule has 1 atom stereocenters. The maximum Gasteiger partial charge on any atom is 0.119 e. The Morgan fingerprint density at radius 1 is 1.19 bits per heavy atom. The lowest BCUT2D eigenvalue weighted by Crippen LogP contribution is -2.38. The molecule has 21 heavy (non-hydrogen) atoms. The lowest BCUT2D eigenvalue weighted by atomic mass is 9.99. The van der Waals surface area contributed by atoms with Gasteiger partial charge in [-0.1, -0.05) is 39.7 Å². The Balaban J connectivity index is 2.10. The van der Waals surface area contributed by atoms with Crippen LogP contribution >= 0.6 is 27.5 Å². The number of methoxy groups -OCH3 is 1. The molecule has 0 bridgehead atoms. The standard InChI is InChI=1S/C16H18BrClN2O/c1-21-15-6-7-16(17)12(10-15)9-14(20-19)8-11-2-4-13(18)5-3-11/h2-7,10,14,20H,8-9,19H2,1H3. The molecule has 0 radical (unpaired) electrons. The third-order valence-electron chi connectivity index (χ3n) is 3.35. The van der Waals surface area contributed by atoms with Crippen LogP contribution in [-0.4, -0.2) is 13.2 Å². The van der Waals surface area contributed by atoms with Crippen molar-refractivity contribution in [2.45, 2.75) is 18.9 Å².